The van der Waals surface area contributed by atoms with Crippen molar-refractivity contribution in [1.82, 2.24) is 14.7 Å². The van der Waals surface area contributed by atoms with Gasteiger partial charge in [-0.25, -0.2) is 0 Å². The number of rotatable bonds is 3. The minimum Gasteiger partial charge on any atom is -0.339 e. The molecule has 0 spiro atoms. The average Bonchev–Trinajstić information content (AvgIpc) is 2.81. The van der Waals surface area contributed by atoms with E-state index in [0.29, 0.717) is 39.3 Å². The highest BCUT2D eigenvalue weighted by atomic mass is 35.5. The molecule has 0 saturated carbocycles. The molecule has 0 aromatic rings. The van der Waals surface area contributed by atoms with Crippen molar-refractivity contribution in [3.63, 3.8) is 0 Å². The molecule has 0 aromatic heterocycles. The summed E-state index contributed by atoms with van der Waals surface area (Å²) in [5, 5.41) is 0. The lowest BCUT2D eigenvalue weighted by molar-refractivity contribution is -0.139. The van der Waals surface area contributed by atoms with Crippen molar-refractivity contribution in [2.75, 3.05) is 52.4 Å². The standard InChI is InChI=1S/C14H26N4O2.ClH/c1-12(19)17-5-7-18(8-6-17)13(20)9-16-4-3-14(2,10-15)11-16;/h3-11,15H2,1-2H3;1H. The van der Waals surface area contributed by atoms with Crippen LogP contribution in [-0.2, 0) is 9.59 Å². The molecular weight excluding hydrogens is 292 g/mol. The van der Waals surface area contributed by atoms with Gasteiger partial charge < -0.3 is 15.5 Å². The van der Waals surface area contributed by atoms with Gasteiger partial charge in [0, 0.05) is 39.6 Å². The minimum atomic E-state index is 0. The van der Waals surface area contributed by atoms with E-state index in [1.54, 1.807) is 11.8 Å². The Morgan fingerprint density at radius 3 is 2.14 bits per heavy atom. The Morgan fingerprint density at radius 1 is 1.10 bits per heavy atom. The first-order valence-corrected chi connectivity index (χ1v) is 7.39. The molecule has 7 heteroatoms. The molecule has 0 aromatic carbocycles. The number of halogens is 1. The minimum absolute atomic E-state index is 0. The van der Waals surface area contributed by atoms with E-state index in [9.17, 15) is 9.59 Å². The van der Waals surface area contributed by atoms with E-state index >= 15 is 0 Å². The van der Waals surface area contributed by atoms with Crippen LogP contribution in [0.2, 0.25) is 0 Å². The van der Waals surface area contributed by atoms with E-state index in [1.165, 1.54) is 0 Å². The maximum absolute atomic E-state index is 12.3. The first-order valence-electron chi connectivity index (χ1n) is 7.39. The fourth-order valence-electron chi connectivity index (χ4n) is 2.99. The quantitative estimate of drug-likeness (QED) is 0.780. The van der Waals surface area contributed by atoms with Gasteiger partial charge in [-0.15, -0.1) is 12.4 Å². The normalized spacial score (nSPS) is 26.6. The Labute approximate surface area is 133 Å². The SMILES string of the molecule is CC(=O)N1CCN(C(=O)CN2CCC(C)(CN)C2)CC1.Cl. The second kappa shape index (κ2) is 7.42. The molecule has 122 valence electrons. The van der Waals surface area contributed by atoms with Crippen LogP contribution >= 0.6 is 12.4 Å². The Kier molecular flexibility index (Phi) is 6.43. The molecule has 1 atom stereocenters. The first kappa shape index (κ1) is 18.2. The van der Waals surface area contributed by atoms with Gasteiger partial charge in [-0.05, 0) is 24.9 Å². The summed E-state index contributed by atoms with van der Waals surface area (Å²) in [6, 6.07) is 0. The van der Waals surface area contributed by atoms with Gasteiger partial charge in [-0.1, -0.05) is 6.92 Å². The molecule has 2 saturated heterocycles. The van der Waals surface area contributed by atoms with Crippen molar-refractivity contribution in [3.8, 4) is 0 Å². The molecule has 0 aliphatic carbocycles. The predicted molar refractivity (Wildman–Crippen MR) is 84.3 cm³/mol. The topological polar surface area (TPSA) is 69.9 Å². The van der Waals surface area contributed by atoms with Gasteiger partial charge in [0.15, 0.2) is 0 Å². The van der Waals surface area contributed by atoms with Crippen molar-refractivity contribution in [2.24, 2.45) is 11.1 Å². The third kappa shape index (κ3) is 4.56. The summed E-state index contributed by atoms with van der Waals surface area (Å²) >= 11 is 0. The summed E-state index contributed by atoms with van der Waals surface area (Å²) < 4.78 is 0. The number of nitrogens with two attached hydrogens (primary N) is 1. The van der Waals surface area contributed by atoms with Crippen LogP contribution in [-0.4, -0.2) is 78.9 Å². The molecule has 2 aliphatic heterocycles. The number of hydrogen-bond acceptors (Lipinski definition) is 4. The van der Waals surface area contributed by atoms with E-state index in [0.717, 1.165) is 19.5 Å². The monoisotopic (exact) mass is 318 g/mol. The molecular formula is C14H27ClN4O2. The molecule has 21 heavy (non-hydrogen) atoms. The number of carbonyl (C=O) groups is 2. The second-order valence-corrected chi connectivity index (χ2v) is 6.36. The molecule has 0 radical (unpaired) electrons. The maximum Gasteiger partial charge on any atom is 0.236 e. The van der Waals surface area contributed by atoms with E-state index in [4.69, 9.17) is 5.73 Å². The van der Waals surface area contributed by atoms with Gasteiger partial charge in [0.2, 0.25) is 11.8 Å². The lowest BCUT2D eigenvalue weighted by Gasteiger charge is -2.35. The highest BCUT2D eigenvalue weighted by Crippen LogP contribution is 2.28. The van der Waals surface area contributed by atoms with Crippen LogP contribution in [0.4, 0.5) is 0 Å². The summed E-state index contributed by atoms with van der Waals surface area (Å²) in [5.74, 6) is 0.268. The largest absolute Gasteiger partial charge is 0.339 e. The lowest BCUT2D eigenvalue weighted by atomic mass is 9.90. The molecule has 0 bridgehead atoms. The molecule has 2 fully saturated rings. The number of amides is 2. The van der Waals surface area contributed by atoms with Crippen LogP contribution in [0.15, 0.2) is 0 Å². The summed E-state index contributed by atoms with van der Waals surface area (Å²) in [4.78, 5) is 29.4. The number of carbonyl (C=O) groups excluding carboxylic acids is 2. The molecule has 1 unspecified atom stereocenters. The van der Waals surface area contributed by atoms with Crippen molar-refractivity contribution < 1.29 is 9.59 Å². The van der Waals surface area contributed by atoms with Crippen LogP contribution in [0.1, 0.15) is 20.3 Å². The predicted octanol–water partition coefficient (Wildman–Crippen LogP) is -0.230. The fraction of sp³-hybridized carbons (Fsp3) is 0.857. The first-order chi connectivity index (χ1) is 9.43. The van der Waals surface area contributed by atoms with Gasteiger partial charge >= 0.3 is 0 Å². The van der Waals surface area contributed by atoms with E-state index in [2.05, 4.69) is 11.8 Å². The van der Waals surface area contributed by atoms with Crippen molar-refractivity contribution in [3.05, 3.63) is 0 Å². The number of piperazine rings is 1. The fourth-order valence-corrected chi connectivity index (χ4v) is 2.99. The van der Waals surface area contributed by atoms with Gasteiger partial charge in [-0.2, -0.15) is 0 Å². The van der Waals surface area contributed by atoms with E-state index in [1.807, 2.05) is 4.90 Å². The van der Waals surface area contributed by atoms with E-state index < -0.39 is 0 Å². The van der Waals surface area contributed by atoms with Crippen LogP contribution in [0, 0.1) is 5.41 Å². The summed E-state index contributed by atoms with van der Waals surface area (Å²) in [7, 11) is 0. The van der Waals surface area contributed by atoms with Gasteiger partial charge in [0.25, 0.3) is 0 Å². The molecule has 2 aliphatic rings. The van der Waals surface area contributed by atoms with Crippen LogP contribution < -0.4 is 5.73 Å². The molecule has 2 amide bonds. The Bertz CT molecular complexity index is 385. The number of likely N-dealkylation sites (tertiary alicyclic amines) is 1. The van der Waals surface area contributed by atoms with Crippen LogP contribution in [0.25, 0.3) is 0 Å². The molecule has 2 N–H and O–H groups in total. The van der Waals surface area contributed by atoms with Crippen LogP contribution in [0.3, 0.4) is 0 Å². The maximum atomic E-state index is 12.3. The Morgan fingerprint density at radius 2 is 1.67 bits per heavy atom. The van der Waals surface area contributed by atoms with Gasteiger partial charge in [0.05, 0.1) is 6.54 Å². The van der Waals surface area contributed by atoms with Gasteiger partial charge in [0.1, 0.15) is 0 Å². The zero-order chi connectivity index (χ0) is 14.8. The van der Waals surface area contributed by atoms with Crippen molar-refractivity contribution >= 4 is 24.2 Å². The summed E-state index contributed by atoms with van der Waals surface area (Å²) in [6.45, 7) is 9.39. The van der Waals surface area contributed by atoms with Gasteiger partial charge in [-0.3, -0.25) is 14.5 Å². The third-order valence-corrected chi connectivity index (χ3v) is 4.57. The highest BCUT2D eigenvalue weighted by molar-refractivity contribution is 5.85. The number of nitrogens with zero attached hydrogens (tertiary/aromatic N) is 3. The molecule has 2 heterocycles. The average molecular weight is 319 g/mol. The Hall–Kier alpha value is -0.850. The lowest BCUT2D eigenvalue weighted by Crippen LogP contribution is -2.52. The smallest absolute Gasteiger partial charge is 0.236 e. The molecule has 6 nitrogen and oxygen atoms in total. The zero-order valence-corrected chi connectivity index (χ0v) is 13.8. The van der Waals surface area contributed by atoms with E-state index in [-0.39, 0.29) is 29.6 Å². The number of hydrogen-bond donors (Lipinski definition) is 1. The second-order valence-electron chi connectivity index (χ2n) is 6.36. The summed E-state index contributed by atoms with van der Waals surface area (Å²) in [6.07, 6.45) is 1.06. The molecule has 2 rings (SSSR count). The van der Waals surface area contributed by atoms with Crippen molar-refractivity contribution in [1.29, 1.82) is 0 Å². The summed E-state index contributed by atoms with van der Waals surface area (Å²) in [5.41, 5.74) is 5.95. The zero-order valence-electron chi connectivity index (χ0n) is 13.0. The van der Waals surface area contributed by atoms with Crippen LogP contribution in [0.5, 0.6) is 0 Å². The third-order valence-electron chi connectivity index (χ3n) is 4.57. The van der Waals surface area contributed by atoms with Crippen molar-refractivity contribution in [2.45, 2.75) is 20.3 Å². The highest BCUT2D eigenvalue weighted by Gasteiger charge is 2.34. The Balaban J connectivity index is 0.00000220.